The van der Waals surface area contributed by atoms with Crippen LogP contribution in [0.25, 0.3) is 0 Å². The number of carbonyl (C=O) groups excluding carboxylic acids is 1. The summed E-state index contributed by atoms with van der Waals surface area (Å²) in [4.78, 5) is 12.2. The molecule has 1 unspecified atom stereocenters. The number of benzene rings is 2. The molecule has 6 nitrogen and oxygen atoms in total. The molecule has 0 bridgehead atoms. The van der Waals surface area contributed by atoms with E-state index in [1.807, 2.05) is 31.2 Å². The quantitative estimate of drug-likeness (QED) is 0.611. The average molecular weight is 439 g/mol. The molecule has 0 saturated carbocycles. The van der Waals surface area contributed by atoms with Gasteiger partial charge >= 0.3 is 0 Å². The van der Waals surface area contributed by atoms with Crippen molar-refractivity contribution in [1.82, 2.24) is 5.32 Å². The van der Waals surface area contributed by atoms with E-state index in [1.54, 1.807) is 18.2 Å². The van der Waals surface area contributed by atoms with Gasteiger partial charge in [0.1, 0.15) is 5.75 Å². The van der Waals surface area contributed by atoms with Crippen molar-refractivity contribution >= 4 is 34.1 Å². The number of nitrogens with one attached hydrogen (secondary N) is 1. The molecule has 8 heteroatoms. The van der Waals surface area contributed by atoms with Crippen molar-refractivity contribution in [2.45, 2.75) is 39.2 Å². The van der Waals surface area contributed by atoms with Gasteiger partial charge in [-0.2, -0.15) is 4.36 Å². The van der Waals surface area contributed by atoms with Gasteiger partial charge in [0.15, 0.2) is 17.5 Å². The highest BCUT2D eigenvalue weighted by Crippen LogP contribution is 2.32. The Hall–Kier alpha value is -2.09. The van der Waals surface area contributed by atoms with Crippen molar-refractivity contribution in [3.63, 3.8) is 0 Å². The second kappa shape index (κ2) is 10.1. The van der Waals surface area contributed by atoms with Crippen LogP contribution in [-0.4, -0.2) is 23.8 Å². The smallest absolute Gasteiger partial charge is 0.258 e. The minimum atomic E-state index is -2.05. The van der Waals surface area contributed by atoms with Gasteiger partial charge in [0.05, 0.1) is 18.8 Å². The summed E-state index contributed by atoms with van der Waals surface area (Å²) in [6.07, 6.45) is 0. The van der Waals surface area contributed by atoms with E-state index in [4.69, 9.17) is 16.3 Å². The molecule has 1 amide bonds. The number of amides is 1. The molecule has 0 aliphatic heterocycles. The predicted molar refractivity (Wildman–Crippen MR) is 117 cm³/mol. The number of hydrogen-bond acceptors (Lipinski definition) is 5. The van der Waals surface area contributed by atoms with Crippen LogP contribution in [0, 0.1) is 0 Å². The van der Waals surface area contributed by atoms with Gasteiger partial charge in [-0.05, 0) is 47.7 Å². The number of hydrogen-bond donors (Lipinski definition) is 2. The molecule has 0 fully saturated rings. The molecule has 2 aromatic rings. The summed E-state index contributed by atoms with van der Waals surface area (Å²) in [5.41, 5.74) is 2.40. The first-order valence-corrected chi connectivity index (χ1v) is 10.7. The van der Waals surface area contributed by atoms with E-state index in [0.717, 1.165) is 11.1 Å². The third-order valence-corrected chi connectivity index (χ3v) is 5.26. The molecule has 0 aliphatic carbocycles. The standard InChI is InChI=1S/C21H27ClN2O4S/c1-14(15-6-8-16(9-7-15)24-29(26)27-5)23-20(25)13-28-17-10-11-18(19(22)12-17)21(2,3)4/h6-12,14,29H,13H2,1-5H3,(H,23,25)/t14-/m1/s1. The van der Waals surface area contributed by atoms with E-state index >= 15 is 0 Å². The number of carbonyl (C=O) groups is 1. The Kier molecular flexibility index (Phi) is 8.07. The molecule has 0 radical (unpaired) electrons. The maximum absolute atomic E-state index is 12.2. The fraction of sp³-hybridized carbons (Fsp3) is 0.381. The van der Waals surface area contributed by atoms with Crippen LogP contribution in [0.3, 0.4) is 0 Å². The van der Waals surface area contributed by atoms with Crippen molar-refractivity contribution in [2.24, 2.45) is 4.36 Å². The van der Waals surface area contributed by atoms with Gasteiger partial charge in [-0.15, -0.1) is 0 Å². The van der Waals surface area contributed by atoms with Crippen molar-refractivity contribution < 1.29 is 17.9 Å². The van der Waals surface area contributed by atoms with E-state index in [2.05, 4.69) is 34.6 Å². The molecule has 2 rings (SSSR count). The lowest BCUT2D eigenvalue weighted by Crippen LogP contribution is -2.31. The summed E-state index contributed by atoms with van der Waals surface area (Å²) >= 11 is 6.33. The maximum atomic E-state index is 12.2. The van der Waals surface area contributed by atoms with Gasteiger partial charge in [-0.3, -0.25) is 8.98 Å². The fourth-order valence-corrected chi connectivity index (χ4v) is 3.53. The van der Waals surface area contributed by atoms with Crippen molar-refractivity contribution in [1.29, 1.82) is 0 Å². The molecule has 0 aromatic heterocycles. The Morgan fingerprint density at radius 2 is 1.86 bits per heavy atom. The lowest BCUT2D eigenvalue weighted by atomic mass is 9.87. The number of halogens is 1. The van der Waals surface area contributed by atoms with Crippen LogP contribution in [0.5, 0.6) is 5.75 Å². The molecule has 0 saturated heterocycles. The van der Waals surface area contributed by atoms with Gasteiger partial charge in [0.2, 0.25) is 0 Å². The second-order valence-electron chi connectivity index (χ2n) is 7.58. The summed E-state index contributed by atoms with van der Waals surface area (Å²) in [6.45, 7) is 8.01. The van der Waals surface area contributed by atoms with Crippen LogP contribution >= 0.6 is 11.6 Å². The summed E-state index contributed by atoms with van der Waals surface area (Å²) in [5.74, 6) is 0.300. The van der Waals surface area contributed by atoms with Crippen molar-refractivity contribution in [3.8, 4) is 5.75 Å². The van der Waals surface area contributed by atoms with Gasteiger partial charge < -0.3 is 10.1 Å². The number of thiol groups is 1. The zero-order valence-corrected chi connectivity index (χ0v) is 18.9. The Balaban J connectivity index is 1.92. The maximum Gasteiger partial charge on any atom is 0.258 e. The summed E-state index contributed by atoms with van der Waals surface area (Å²) < 4.78 is 25.4. The molecular weight excluding hydrogens is 412 g/mol. The minimum Gasteiger partial charge on any atom is -0.484 e. The monoisotopic (exact) mass is 438 g/mol. The van der Waals surface area contributed by atoms with Gasteiger partial charge in [-0.1, -0.05) is 50.6 Å². The molecule has 2 aromatic carbocycles. The normalized spacial score (nSPS) is 13.7. The minimum absolute atomic E-state index is 0.0650. The van der Waals surface area contributed by atoms with Crippen LogP contribution in [0.4, 0.5) is 5.69 Å². The van der Waals surface area contributed by atoms with Crippen LogP contribution in [-0.2, 0) is 25.3 Å². The highest BCUT2D eigenvalue weighted by Gasteiger charge is 2.18. The topological polar surface area (TPSA) is 77.0 Å². The van der Waals surface area contributed by atoms with E-state index < -0.39 is 10.9 Å². The zero-order valence-electron chi connectivity index (χ0n) is 17.2. The van der Waals surface area contributed by atoms with E-state index in [1.165, 1.54) is 7.11 Å². The van der Waals surface area contributed by atoms with Crippen LogP contribution < -0.4 is 10.1 Å². The second-order valence-corrected chi connectivity index (χ2v) is 9.03. The highest BCUT2D eigenvalue weighted by molar-refractivity contribution is 7.69. The lowest BCUT2D eigenvalue weighted by molar-refractivity contribution is -0.123. The molecule has 0 aliphatic rings. The zero-order chi connectivity index (χ0) is 21.6. The third-order valence-electron chi connectivity index (χ3n) is 4.24. The van der Waals surface area contributed by atoms with E-state index in [-0.39, 0.29) is 24.0 Å². The molecule has 1 N–H and O–H groups in total. The average Bonchev–Trinajstić information content (AvgIpc) is 2.65. The number of rotatable bonds is 7. The van der Waals surface area contributed by atoms with E-state index in [9.17, 15) is 9.00 Å². The molecule has 0 heterocycles. The Morgan fingerprint density at radius 1 is 1.21 bits per heavy atom. The molecular formula is C21H27ClN2O4S. The molecule has 2 atom stereocenters. The first-order chi connectivity index (χ1) is 13.6. The fourth-order valence-electron chi connectivity index (χ4n) is 2.67. The third kappa shape index (κ3) is 7.03. The largest absolute Gasteiger partial charge is 0.484 e. The SMILES string of the molecule is CO[SH](=O)=Nc1ccc([C@@H](C)NC(=O)COc2ccc(C(C)(C)C)c(Cl)c2)cc1. The van der Waals surface area contributed by atoms with Gasteiger partial charge in [0.25, 0.3) is 5.91 Å². The van der Waals surface area contributed by atoms with E-state index in [0.29, 0.717) is 16.5 Å². The Labute approximate surface area is 179 Å². The number of ether oxygens (including phenoxy) is 1. The van der Waals surface area contributed by atoms with Crippen molar-refractivity contribution in [2.75, 3.05) is 13.7 Å². The highest BCUT2D eigenvalue weighted by atomic mass is 35.5. The molecule has 0 spiro atoms. The molecule has 158 valence electrons. The number of nitrogens with zero attached hydrogens (tertiary/aromatic N) is 1. The first kappa shape index (κ1) is 23.2. The first-order valence-electron chi connectivity index (χ1n) is 9.15. The van der Waals surface area contributed by atoms with Crippen LogP contribution in [0.1, 0.15) is 44.9 Å². The Morgan fingerprint density at radius 3 is 2.41 bits per heavy atom. The lowest BCUT2D eigenvalue weighted by Gasteiger charge is -2.21. The van der Waals surface area contributed by atoms with Gasteiger partial charge in [0, 0.05) is 5.02 Å². The molecule has 29 heavy (non-hydrogen) atoms. The van der Waals surface area contributed by atoms with Crippen LogP contribution in [0.2, 0.25) is 5.02 Å². The predicted octanol–water partition coefficient (Wildman–Crippen LogP) is 4.75. The van der Waals surface area contributed by atoms with Crippen LogP contribution in [0.15, 0.2) is 46.8 Å². The summed E-state index contributed by atoms with van der Waals surface area (Å²) in [6, 6.07) is 12.3. The van der Waals surface area contributed by atoms with Crippen molar-refractivity contribution in [3.05, 3.63) is 58.6 Å². The Bertz CT molecular complexity index is 933. The van der Waals surface area contributed by atoms with Gasteiger partial charge in [-0.25, -0.2) is 4.21 Å². The summed E-state index contributed by atoms with van der Waals surface area (Å²) in [7, 11) is -0.716. The summed E-state index contributed by atoms with van der Waals surface area (Å²) in [5, 5.41) is 3.49.